The second-order valence-corrected chi connectivity index (χ2v) is 10.6. The van der Waals surface area contributed by atoms with Crippen LogP contribution in [0.1, 0.15) is 10.4 Å². The molecule has 2 fully saturated rings. The molecule has 3 aliphatic rings. The minimum absolute atomic E-state index is 0.107. The number of halogens is 6. The molecule has 0 N–H and O–H groups in total. The van der Waals surface area contributed by atoms with Gasteiger partial charge in [0.05, 0.1) is 48.8 Å². The molecule has 1 aliphatic heterocycles. The summed E-state index contributed by atoms with van der Waals surface area (Å²) in [5, 5.41) is -0.255. The van der Waals surface area contributed by atoms with E-state index < -0.39 is 43.7 Å². The van der Waals surface area contributed by atoms with Gasteiger partial charge in [0.25, 0.3) is 11.8 Å². The zero-order valence-corrected chi connectivity index (χ0v) is 21.4. The third-order valence-electron chi connectivity index (χ3n) is 5.94. The predicted octanol–water partition coefficient (Wildman–Crippen LogP) is 4.23. The number of carbonyl (C=O) groups is 3. The third-order valence-corrected chi connectivity index (χ3v) is 10.2. The Morgan fingerprint density at radius 1 is 0.848 bits per heavy atom. The van der Waals surface area contributed by atoms with Gasteiger partial charge in [0.2, 0.25) is 5.75 Å². The molecule has 4 atom stereocenters. The molecule has 0 aromatic heterocycles. The van der Waals surface area contributed by atoms with Crippen LogP contribution in [0.3, 0.4) is 0 Å². The maximum absolute atomic E-state index is 13.2. The van der Waals surface area contributed by atoms with E-state index in [2.05, 4.69) is 0 Å². The van der Waals surface area contributed by atoms with Gasteiger partial charge in [-0.3, -0.25) is 9.59 Å². The van der Waals surface area contributed by atoms with Gasteiger partial charge in [-0.2, -0.15) is 0 Å². The molecule has 0 spiro atoms. The van der Waals surface area contributed by atoms with Crippen LogP contribution in [0.4, 0.5) is 0 Å². The maximum Gasteiger partial charge on any atom is 0.364 e. The molecule has 14 heteroatoms. The van der Waals surface area contributed by atoms with E-state index in [0.29, 0.717) is 0 Å². The summed E-state index contributed by atoms with van der Waals surface area (Å²) in [5.74, 6) is -5.43. The van der Waals surface area contributed by atoms with Crippen LogP contribution in [-0.4, -0.2) is 58.3 Å². The van der Waals surface area contributed by atoms with E-state index in [1.807, 2.05) is 0 Å². The summed E-state index contributed by atoms with van der Waals surface area (Å²) in [5.41, 5.74) is -0.107. The Morgan fingerprint density at radius 2 is 1.27 bits per heavy atom. The summed E-state index contributed by atoms with van der Waals surface area (Å²) < 4.78 is 13.5. The van der Waals surface area contributed by atoms with Crippen molar-refractivity contribution in [2.24, 2.45) is 11.8 Å². The first kappa shape index (κ1) is 24.8. The summed E-state index contributed by atoms with van der Waals surface area (Å²) in [6, 6.07) is 2.56. The molecule has 2 amide bonds. The number of imide groups is 1. The standard InChI is InChI=1S/C19H13Cl6NO7/c1-30-7-4-6(5-8(31-2)11(7)32-3)16(29)33-26-14(27)9-10(15(26)28)18(23)13(21)12(20)17(9,22)19(18,24)25/h4-5,9-10H,1-3H3/t9-,10-,17-,18-/m1/s1. The van der Waals surface area contributed by atoms with E-state index in [0.717, 1.165) is 0 Å². The van der Waals surface area contributed by atoms with Crippen LogP contribution in [-0.2, 0) is 14.4 Å². The SMILES string of the molecule is COc1cc(C(=O)ON2C(=O)[C@H]3[C@H](C2=O)[C@@]2(Cl)C(Cl)=C(Cl)[C@@]3(Cl)C2(Cl)Cl)cc(OC)c1OC. The molecule has 2 bridgehead atoms. The average Bonchev–Trinajstić information content (AvgIpc) is 3.16. The number of fused-ring (bicyclic) bond motifs is 5. The topological polar surface area (TPSA) is 91.4 Å². The van der Waals surface area contributed by atoms with Crippen LogP contribution in [0.2, 0.25) is 0 Å². The Kier molecular flexibility index (Phi) is 5.92. The van der Waals surface area contributed by atoms with E-state index in [1.165, 1.54) is 33.5 Å². The Labute approximate surface area is 217 Å². The fraction of sp³-hybridized carbons (Fsp3) is 0.421. The number of methoxy groups -OCH3 is 3. The Bertz CT molecular complexity index is 1070. The molecular weight excluding hydrogens is 567 g/mol. The molecule has 8 nitrogen and oxygen atoms in total. The fourth-order valence-electron chi connectivity index (χ4n) is 4.39. The number of hydrogen-bond donors (Lipinski definition) is 0. The zero-order chi connectivity index (χ0) is 24.7. The number of carbonyl (C=O) groups excluding carboxylic acids is 3. The van der Waals surface area contributed by atoms with Crippen molar-refractivity contribution >= 4 is 87.4 Å². The van der Waals surface area contributed by atoms with Gasteiger partial charge in [-0.15, -0.1) is 28.3 Å². The molecule has 2 aliphatic carbocycles. The minimum atomic E-state index is -2.09. The number of benzene rings is 1. The lowest BCUT2D eigenvalue weighted by Gasteiger charge is -2.34. The Hall–Kier alpha value is -1.29. The summed E-state index contributed by atoms with van der Waals surface area (Å²) >= 11 is 38.5. The van der Waals surface area contributed by atoms with Crippen molar-refractivity contribution in [1.29, 1.82) is 0 Å². The van der Waals surface area contributed by atoms with Crippen molar-refractivity contribution in [1.82, 2.24) is 5.06 Å². The van der Waals surface area contributed by atoms with Crippen molar-refractivity contribution < 1.29 is 33.4 Å². The van der Waals surface area contributed by atoms with E-state index in [4.69, 9.17) is 88.7 Å². The van der Waals surface area contributed by atoms with Gasteiger partial charge in [-0.05, 0) is 12.1 Å². The highest BCUT2D eigenvalue weighted by Crippen LogP contribution is 2.77. The van der Waals surface area contributed by atoms with Gasteiger partial charge in [0, 0.05) is 0 Å². The van der Waals surface area contributed by atoms with Crippen molar-refractivity contribution in [3.8, 4) is 17.2 Å². The lowest BCUT2D eigenvalue weighted by Crippen LogP contribution is -2.50. The zero-order valence-electron chi connectivity index (χ0n) is 16.9. The van der Waals surface area contributed by atoms with Crippen LogP contribution in [0.5, 0.6) is 17.2 Å². The molecule has 0 unspecified atom stereocenters. The second-order valence-electron chi connectivity index (χ2n) is 7.34. The molecule has 0 radical (unpaired) electrons. The number of allylic oxidation sites excluding steroid dienone is 2. The number of hydroxylamine groups is 2. The van der Waals surface area contributed by atoms with Crippen LogP contribution >= 0.6 is 69.6 Å². The highest BCUT2D eigenvalue weighted by Gasteiger charge is 2.88. The predicted molar refractivity (Wildman–Crippen MR) is 121 cm³/mol. The number of alkyl halides is 4. The van der Waals surface area contributed by atoms with Crippen LogP contribution in [0.25, 0.3) is 0 Å². The van der Waals surface area contributed by atoms with Crippen LogP contribution < -0.4 is 14.2 Å². The first-order valence-corrected chi connectivity index (χ1v) is 11.3. The van der Waals surface area contributed by atoms with E-state index >= 15 is 0 Å². The van der Waals surface area contributed by atoms with Gasteiger partial charge in [0.1, 0.15) is 9.75 Å². The van der Waals surface area contributed by atoms with Crippen molar-refractivity contribution in [2.45, 2.75) is 14.1 Å². The molecule has 178 valence electrons. The monoisotopic (exact) mass is 577 g/mol. The molecular formula is C19H13Cl6NO7. The largest absolute Gasteiger partial charge is 0.493 e. The molecule has 1 aromatic carbocycles. The van der Waals surface area contributed by atoms with Gasteiger partial charge >= 0.3 is 5.97 Å². The highest BCUT2D eigenvalue weighted by atomic mass is 35.5. The van der Waals surface area contributed by atoms with E-state index in [-0.39, 0.29) is 37.9 Å². The molecule has 1 saturated heterocycles. The number of hydrogen-bond acceptors (Lipinski definition) is 7. The van der Waals surface area contributed by atoms with Crippen molar-refractivity contribution in [3.63, 3.8) is 0 Å². The smallest absolute Gasteiger partial charge is 0.364 e. The molecule has 1 heterocycles. The third kappa shape index (κ3) is 2.82. The number of rotatable bonds is 5. The van der Waals surface area contributed by atoms with E-state index in [1.54, 1.807) is 0 Å². The van der Waals surface area contributed by atoms with Gasteiger partial charge in [0.15, 0.2) is 15.8 Å². The van der Waals surface area contributed by atoms with Crippen molar-refractivity contribution in [2.75, 3.05) is 21.3 Å². The Balaban J connectivity index is 1.69. The summed E-state index contributed by atoms with van der Waals surface area (Å²) in [6.45, 7) is 0. The number of amides is 2. The fourth-order valence-corrected chi connectivity index (χ4v) is 7.32. The van der Waals surface area contributed by atoms with Crippen molar-refractivity contribution in [3.05, 3.63) is 27.8 Å². The molecule has 4 rings (SSSR count). The maximum atomic E-state index is 13.2. The number of nitrogens with zero attached hydrogens (tertiary/aromatic N) is 1. The van der Waals surface area contributed by atoms with E-state index in [9.17, 15) is 14.4 Å². The highest BCUT2D eigenvalue weighted by molar-refractivity contribution is 6.66. The first-order valence-electron chi connectivity index (χ1n) is 9.06. The van der Waals surface area contributed by atoms with Crippen LogP contribution in [0, 0.1) is 11.8 Å². The van der Waals surface area contributed by atoms with Gasteiger partial charge in [-0.25, -0.2) is 4.79 Å². The quantitative estimate of drug-likeness (QED) is 0.381. The first-order chi connectivity index (χ1) is 15.3. The molecule has 1 aromatic rings. The summed E-state index contributed by atoms with van der Waals surface area (Å²) in [6.07, 6.45) is 0. The lowest BCUT2D eigenvalue weighted by atomic mass is 9.84. The lowest BCUT2D eigenvalue weighted by molar-refractivity contribution is -0.175. The summed E-state index contributed by atoms with van der Waals surface area (Å²) in [7, 11) is 4.08. The van der Waals surface area contributed by atoms with Gasteiger partial charge < -0.3 is 19.0 Å². The van der Waals surface area contributed by atoms with Gasteiger partial charge in [-0.1, -0.05) is 46.4 Å². The Morgan fingerprint density at radius 3 is 1.64 bits per heavy atom. The molecule has 1 saturated carbocycles. The minimum Gasteiger partial charge on any atom is -0.493 e. The average molecular weight is 580 g/mol. The summed E-state index contributed by atoms with van der Waals surface area (Å²) in [4.78, 5) is 40.3. The van der Waals surface area contributed by atoms with Crippen LogP contribution in [0.15, 0.2) is 22.2 Å². The molecule has 33 heavy (non-hydrogen) atoms. The second kappa shape index (κ2) is 7.86. The normalized spacial score (nSPS) is 31.7. The number of ether oxygens (including phenoxy) is 3.